The van der Waals surface area contributed by atoms with Crippen molar-refractivity contribution in [3.63, 3.8) is 0 Å². The molecule has 1 unspecified atom stereocenters. The third kappa shape index (κ3) is 7.29. The van der Waals surface area contributed by atoms with Gasteiger partial charge in [-0.1, -0.05) is 12.0 Å². The van der Waals surface area contributed by atoms with Crippen molar-refractivity contribution < 1.29 is 14.6 Å². The van der Waals surface area contributed by atoms with Crippen molar-refractivity contribution in [1.29, 1.82) is 0 Å². The van der Waals surface area contributed by atoms with Gasteiger partial charge in [0.05, 0.1) is 0 Å². The topological polar surface area (TPSA) is 46.5 Å². The van der Waals surface area contributed by atoms with Crippen molar-refractivity contribution in [2.24, 2.45) is 0 Å². The Kier molecular flexibility index (Phi) is 6.93. The van der Waals surface area contributed by atoms with Gasteiger partial charge in [0.25, 0.3) is 0 Å². The Balaban J connectivity index is 3.55. The van der Waals surface area contributed by atoms with Gasteiger partial charge >= 0.3 is 6.16 Å². The first-order chi connectivity index (χ1) is 6.20. The number of hydrogen-bond acceptors (Lipinski definition) is 3. The molecule has 4 heteroatoms. The molecule has 0 aromatic rings. The van der Waals surface area contributed by atoms with Crippen LogP contribution in [0, 0.1) is 12.3 Å². The Morgan fingerprint density at radius 3 is 3.00 bits per heavy atom. The minimum Gasteiger partial charge on any atom is -0.450 e. The summed E-state index contributed by atoms with van der Waals surface area (Å²) < 4.78 is 4.42. The van der Waals surface area contributed by atoms with E-state index in [1.807, 2.05) is 0 Å². The molecular weight excluding hydrogens is 188 g/mol. The van der Waals surface area contributed by atoms with Crippen LogP contribution in [-0.4, -0.2) is 28.9 Å². The normalized spacial score (nSPS) is 11.3. The predicted octanol–water partition coefficient (Wildman–Crippen LogP) is 1.99. The smallest absolute Gasteiger partial charge is 0.450 e. The summed E-state index contributed by atoms with van der Waals surface area (Å²) in [5, 5.41) is 8.28. The maximum absolute atomic E-state index is 10.1. The summed E-state index contributed by atoms with van der Waals surface area (Å²) in [4.78, 5) is 10.1. The molecule has 0 fully saturated rings. The number of terminal acetylenes is 1. The molecule has 0 saturated carbocycles. The zero-order chi connectivity index (χ0) is 10.1. The summed E-state index contributed by atoms with van der Waals surface area (Å²) in [5.74, 6) is 3.88. The molecule has 0 radical (unpaired) electrons. The van der Waals surface area contributed by atoms with E-state index < -0.39 is 12.3 Å². The van der Waals surface area contributed by atoms with Crippen molar-refractivity contribution in [3.05, 3.63) is 12.7 Å². The maximum Gasteiger partial charge on any atom is 0.507 e. The highest BCUT2D eigenvalue weighted by Crippen LogP contribution is 2.07. The van der Waals surface area contributed by atoms with Crippen LogP contribution in [0.4, 0.5) is 4.79 Å². The lowest BCUT2D eigenvalue weighted by atomic mass is 10.3. The van der Waals surface area contributed by atoms with E-state index in [0.29, 0.717) is 6.42 Å². The number of rotatable bonds is 6. The van der Waals surface area contributed by atoms with Crippen LogP contribution >= 0.6 is 11.8 Å². The van der Waals surface area contributed by atoms with E-state index in [0.717, 1.165) is 11.5 Å². The van der Waals surface area contributed by atoms with Crippen LogP contribution in [0.15, 0.2) is 12.7 Å². The Labute approximate surface area is 82.2 Å². The average molecular weight is 200 g/mol. The standard InChI is InChI=1S/C9H12O3S/c1-3-6-13-7-5-8(4-2)12-9(10)11/h2-3,8H,1,5-7H2,(H,10,11). The lowest BCUT2D eigenvalue weighted by molar-refractivity contribution is 0.0715. The second-order valence-corrected chi connectivity index (χ2v) is 3.34. The summed E-state index contributed by atoms with van der Waals surface area (Å²) in [7, 11) is 0. The summed E-state index contributed by atoms with van der Waals surface area (Å²) >= 11 is 1.64. The summed E-state index contributed by atoms with van der Waals surface area (Å²) in [6, 6.07) is 0. The Morgan fingerprint density at radius 2 is 2.54 bits per heavy atom. The minimum absolute atomic E-state index is 0.543. The molecule has 0 heterocycles. The molecule has 0 saturated heterocycles. The first-order valence-electron chi connectivity index (χ1n) is 3.75. The Morgan fingerprint density at radius 1 is 1.85 bits per heavy atom. The zero-order valence-corrected chi connectivity index (χ0v) is 8.05. The van der Waals surface area contributed by atoms with Gasteiger partial charge in [0, 0.05) is 12.2 Å². The van der Waals surface area contributed by atoms with E-state index in [-0.39, 0.29) is 0 Å². The zero-order valence-electron chi connectivity index (χ0n) is 7.23. The van der Waals surface area contributed by atoms with Crippen LogP contribution in [0.5, 0.6) is 0 Å². The van der Waals surface area contributed by atoms with Crippen LogP contribution in [0.1, 0.15) is 6.42 Å². The molecule has 1 N–H and O–H groups in total. The summed E-state index contributed by atoms with van der Waals surface area (Å²) in [6.45, 7) is 3.56. The van der Waals surface area contributed by atoms with Gasteiger partial charge in [-0.15, -0.1) is 13.0 Å². The van der Waals surface area contributed by atoms with Crippen LogP contribution in [0.3, 0.4) is 0 Å². The summed E-state index contributed by atoms with van der Waals surface area (Å²) in [5.41, 5.74) is 0. The fourth-order valence-electron chi connectivity index (χ4n) is 0.655. The molecule has 0 aromatic heterocycles. The Hall–Kier alpha value is -1.08. The van der Waals surface area contributed by atoms with E-state index in [2.05, 4.69) is 17.2 Å². The monoisotopic (exact) mass is 200 g/mol. The number of thioether (sulfide) groups is 1. The number of hydrogen-bond donors (Lipinski definition) is 1. The van der Waals surface area contributed by atoms with Crippen molar-refractivity contribution in [3.8, 4) is 12.3 Å². The van der Waals surface area contributed by atoms with E-state index in [9.17, 15) is 4.79 Å². The molecule has 0 spiro atoms. The molecule has 0 aliphatic carbocycles. The van der Waals surface area contributed by atoms with Crippen molar-refractivity contribution in [2.75, 3.05) is 11.5 Å². The SMILES string of the molecule is C#CC(CCSCC=C)OC(=O)O. The van der Waals surface area contributed by atoms with E-state index in [1.165, 1.54) is 0 Å². The third-order valence-electron chi connectivity index (χ3n) is 1.19. The van der Waals surface area contributed by atoms with Crippen LogP contribution < -0.4 is 0 Å². The van der Waals surface area contributed by atoms with Gasteiger partial charge in [-0.25, -0.2) is 4.79 Å². The number of carboxylic acid groups (broad SMARTS) is 1. The van der Waals surface area contributed by atoms with Gasteiger partial charge in [-0.2, -0.15) is 11.8 Å². The molecule has 0 aromatic carbocycles. The second-order valence-electron chi connectivity index (χ2n) is 2.19. The van der Waals surface area contributed by atoms with Gasteiger partial charge in [-0.05, 0) is 5.75 Å². The van der Waals surface area contributed by atoms with Gasteiger partial charge in [0.15, 0.2) is 6.10 Å². The predicted molar refractivity (Wildman–Crippen MR) is 53.9 cm³/mol. The highest BCUT2D eigenvalue weighted by Gasteiger charge is 2.08. The van der Waals surface area contributed by atoms with E-state index >= 15 is 0 Å². The largest absolute Gasteiger partial charge is 0.507 e. The molecule has 0 rings (SSSR count). The molecule has 0 amide bonds. The number of ether oxygens (including phenoxy) is 1. The molecular formula is C9H12O3S. The highest BCUT2D eigenvalue weighted by molar-refractivity contribution is 7.99. The fourth-order valence-corrected chi connectivity index (χ4v) is 1.37. The maximum atomic E-state index is 10.1. The first-order valence-corrected chi connectivity index (χ1v) is 4.90. The lowest BCUT2D eigenvalue weighted by Gasteiger charge is -2.08. The van der Waals surface area contributed by atoms with E-state index in [1.54, 1.807) is 17.8 Å². The van der Waals surface area contributed by atoms with E-state index in [4.69, 9.17) is 11.5 Å². The number of carbonyl (C=O) groups is 1. The van der Waals surface area contributed by atoms with Gasteiger partial charge in [-0.3, -0.25) is 0 Å². The van der Waals surface area contributed by atoms with Crippen molar-refractivity contribution >= 4 is 17.9 Å². The first kappa shape index (κ1) is 11.9. The second kappa shape index (κ2) is 7.56. The van der Waals surface area contributed by atoms with Crippen LogP contribution in [-0.2, 0) is 4.74 Å². The molecule has 1 atom stereocenters. The molecule has 0 aliphatic rings. The average Bonchev–Trinajstić information content (AvgIpc) is 2.09. The van der Waals surface area contributed by atoms with Gasteiger partial charge < -0.3 is 9.84 Å². The molecule has 0 bridgehead atoms. The quantitative estimate of drug-likeness (QED) is 0.308. The van der Waals surface area contributed by atoms with Crippen LogP contribution in [0.2, 0.25) is 0 Å². The fraction of sp³-hybridized carbons (Fsp3) is 0.444. The molecule has 13 heavy (non-hydrogen) atoms. The summed E-state index contributed by atoms with van der Waals surface area (Å²) in [6.07, 6.45) is 5.44. The van der Waals surface area contributed by atoms with Crippen molar-refractivity contribution in [1.82, 2.24) is 0 Å². The highest BCUT2D eigenvalue weighted by atomic mass is 32.2. The third-order valence-corrected chi connectivity index (χ3v) is 2.18. The van der Waals surface area contributed by atoms with Crippen LogP contribution in [0.25, 0.3) is 0 Å². The molecule has 0 aliphatic heterocycles. The van der Waals surface area contributed by atoms with Gasteiger partial charge in [0.2, 0.25) is 0 Å². The molecule has 3 nitrogen and oxygen atoms in total. The molecule has 72 valence electrons. The lowest BCUT2D eigenvalue weighted by Crippen LogP contribution is -2.15. The Bertz CT molecular complexity index is 207. The minimum atomic E-state index is -1.32. The van der Waals surface area contributed by atoms with Crippen molar-refractivity contribution in [2.45, 2.75) is 12.5 Å². The van der Waals surface area contributed by atoms with Gasteiger partial charge in [0.1, 0.15) is 0 Å².